The highest BCUT2D eigenvalue weighted by Crippen LogP contribution is 2.41. The SMILES string of the molecule is COc1ccc(C2C(C(=O)C=Cc3ccco3)=C(O)C(=O)N2Cc2cccnc2)cc1OC. The Hall–Kier alpha value is -4.33. The summed E-state index contributed by atoms with van der Waals surface area (Å²) < 4.78 is 15.9. The van der Waals surface area contributed by atoms with Gasteiger partial charge in [0.2, 0.25) is 0 Å². The van der Waals surface area contributed by atoms with Gasteiger partial charge in [0.15, 0.2) is 23.0 Å². The van der Waals surface area contributed by atoms with Crippen LogP contribution in [0.5, 0.6) is 11.5 Å². The Balaban J connectivity index is 1.77. The summed E-state index contributed by atoms with van der Waals surface area (Å²) in [6.45, 7) is 0.147. The normalized spacial score (nSPS) is 16.0. The number of aromatic nitrogens is 1. The lowest BCUT2D eigenvalue weighted by Crippen LogP contribution is -2.30. The monoisotopic (exact) mass is 446 g/mol. The number of pyridine rings is 1. The van der Waals surface area contributed by atoms with Crippen LogP contribution in [-0.2, 0) is 16.1 Å². The van der Waals surface area contributed by atoms with Gasteiger partial charge in [0, 0.05) is 18.9 Å². The molecule has 0 spiro atoms. The third kappa shape index (κ3) is 4.36. The average Bonchev–Trinajstić information content (AvgIpc) is 3.45. The number of allylic oxidation sites excluding steroid dienone is 1. The van der Waals surface area contributed by atoms with Gasteiger partial charge >= 0.3 is 0 Å². The Bertz CT molecular complexity index is 1210. The summed E-state index contributed by atoms with van der Waals surface area (Å²) >= 11 is 0. The second-order valence-electron chi connectivity index (χ2n) is 7.29. The molecule has 1 atom stereocenters. The molecule has 1 unspecified atom stereocenters. The summed E-state index contributed by atoms with van der Waals surface area (Å²) in [6, 6.07) is 11.2. The summed E-state index contributed by atoms with van der Waals surface area (Å²) in [5.74, 6) is -0.328. The molecule has 1 N–H and O–H groups in total. The number of carbonyl (C=O) groups excluding carboxylic acids is 2. The lowest BCUT2D eigenvalue weighted by Gasteiger charge is -2.27. The maximum atomic E-state index is 13.2. The Kier molecular flexibility index (Phi) is 6.26. The topological polar surface area (TPSA) is 102 Å². The second-order valence-corrected chi connectivity index (χ2v) is 7.29. The Morgan fingerprint density at radius 2 is 2.00 bits per heavy atom. The summed E-state index contributed by atoms with van der Waals surface area (Å²) in [5.41, 5.74) is 1.31. The van der Waals surface area contributed by atoms with E-state index >= 15 is 0 Å². The molecule has 0 bridgehead atoms. The Morgan fingerprint density at radius 3 is 2.67 bits per heavy atom. The lowest BCUT2D eigenvalue weighted by atomic mass is 9.95. The summed E-state index contributed by atoms with van der Waals surface area (Å²) in [7, 11) is 3.02. The minimum atomic E-state index is -0.841. The third-order valence-electron chi connectivity index (χ3n) is 5.31. The lowest BCUT2D eigenvalue weighted by molar-refractivity contribution is -0.130. The zero-order valence-electron chi connectivity index (χ0n) is 18.1. The fraction of sp³-hybridized carbons (Fsp3) is 0.160. The van der Waals surface area contributed by atoms with E-state index in [0.29, 0.717) is 22.8 Å². The molecular weight excluding hydrogens is 424 g/mol. The van der Waals surface area contributed by atoms with E-state index in [1.54, 1.807) is 48.8 Å². The summed E-state index contributed by atoms with van der Waals surface area (Å²) in [4.78, 5) is 31.8. The van der Waals surface area contributed by atoms with Crippen molar-refractivity contribution in [2.45, 2.75) is 12.6 Å². The molecule has 8 nitrogen and oxygen atoms in total. The molecule has 8 heteroatoms. The van der Waals surface area contributed by atoms with Gasteiger partial charge in [-0.25, -0.2) is 0 Å². The number of amides is 1. The second kappa shape index (κ2) is 9.44. The van der Waals surface area contributed by atoms with Crippen molar-refractivity contribution in [1.82, 2.24) is 9.88 Å². The van der Waals surface area contributed by atoms with Crippen molar-refractivity contribution >= 4 is 17.8 Å². The van der Waals surface area contributed by atoms with Gasteiger partial charge in [0.25, 0.3) is 5.91 Å². The van der Waals surface area contributed by atoms with Gasteiger partial charge in [-0.05, 0) is 53.6 Å². The van der Waals surface area contributed by atoms with Gasteiger partial charge in [-0.1, -0.05) is 12.1 Å². The quantitative estimate of drug-likeness (QED) is 0.524. The molecule has 0 saturated heterocycles. The highest BCUT2D eigenvalue weighted by molar-refractivity contribution is 6.14. The minimum Gasteiger partial charge on any atom is -0.503 e. The van der Waals surface area contributed by atoms with Crippen molar-refractivity contribution in [2.75, 3.05) is 14.2 Å². The average molecular weight is 446 g/mol. The fourth-order valence-electron chi connectivity index (χ4n) is 3.76. The van der Waals surface area contributed by atoms with Crippen molar-refractivity contribution in [2.24, 2.45) is 0 Å². The van der Waals surface area contributed by atoms with Gasteiger partial charge < -0.3 is 23.9 Å². The van der Waals surface area contributed by atoms with E-state index < -0.39 is 23.5 Å². The molecule has 0 aliphatic carbocycles. The van der Waals surface area contributed by atoms with E-state index in [1.165, 1.54) is 37.5 Å². The van der Waals surface area contributed by atoms with Crippen LogP contribution in [0.4, 0.5) is 0 Å². The number of aliphatic hydroxyl groups is 1. The molecular formula is C25H22N2O6. The molecule has 1 aliphatic heterocycles. The molecule has 1 aliphatic rings. The number of furan rings is 1. The molecule has 0 radical (unpaired) electrons. The first-order valence-electron chi connectivity index (χ1n) is 10.1. The minimum absolute atomic E-state index is 0.0288. The van der Waals surface area contributed by atoms with Gasteiger partial charge in [0.1, 0.15) is 5.76 Å². The Labute approximate surface area is 190 Å². The number of rotatable bonds is 8. The number of carbonyl (C=O) groups is 2. The Morgan fingerprint density at radius 1 is 1.18 bits per heavy atom. The van der Waals surface area contributed by atoms with Crippen LogP contribution in [0.25, 0.3) is 6.08 Å². The van der Waals surface area contributed by atoms with Crippen LogP contribution in [0.3, 0.4) is 0 Å². The first-order chi connectivity index (χ1) is 16.0. The molecule has 1 amide bonds. The third-order valence-corrected chi connectivity index (χ3v) is 5.31. The van der Waals surface area contributed by atoms with Crippen LogP contribution in [-0.4, -0.2) is 40.9 Å². The van der Waals surface area contributed by atoms with Crippen LogP contribution < -0.4 is 9.47 Å². The van der Waals surface area contributed by atoms with Gasteiger partial charge in [0.05, 0.1) is 32.1 Å². The van der Waals surface area contributed by atoms with Crippen molar-refractivity contribution in [1.29, 1.82) is 0 Å². The maximum absolute atomic E-state index is 13.2. The predicted octanol–water partition coefficient (Wildman–Crippen LogP) is 3.87. The van der Waals surface area contributed by atoms with Crippen molar-refractivity contribution in [3.05, 3.63) is 95.4 Å². The van der Waals surface area contributed by atoms with Crippen LogP contribution >= 0.6 is 0 Å². The van der Waals surface area contributed by atoms with Crippen LogP contribution in [0, 0.1) is 0 Å². The highest BCUT2D eigenvalue weighted by atomic mass is 16.5. The smallest absolute Gasteiger partial charge is 0.290 e. The summed E-state index contributed by atoms with van der Waals surface area (Å²) in [6.07, 6.45) is 7.52. The zero-order valence-corrected chi connectivity index (χ0v) is 18.1. The molecule has 4 rings (SSSR count). The zero-order chi connectivity index (χ0) is 23.4. The van der Waals surface area contributed by atoms with E-state index in [1.807, 2.05) is 6.07 Å². The number of hydrogen-bond acceptors (Lipinski definition) is 7. The molecule has 0 saturated carbocycles. The molecule has 168 valence electrons. The fourth-order valence-corrected chi connectivity index (χ4v) is 3.76. The first-order valence-corrected chi connectivity index (χ1v) is 10.1. The van der Waals surface area contributed by atoms with Crippen LogP contribution in [0.1, 0.15) is 22.9 Å². The molecule has 0 fully saturated rings. The molecule has 33 heavy (non-hydrogen) atoms. The van der Waals surface area contributed by atoms with Crippen molar-refractivity contribution in [3.63, 3.8) is 0 Å². The van der Waals surface area contributed by atoms with E-state index in [9.17, 15) is 14.7 Å². The number of methoxy groups -OCH3 is 2. The number of aliphatic hydroxyl groups excluding tert-OH is 1. The van der Waals surface area contributed by atoms with E-state index in [0.717, 1.165) is 5.56 Å². The number of ether oxygens (including phenoxy) is 2. The number of nitrogens with zero attached hydrogens (tertiary/aromatic N) is 2. The van der Waals surface area contributed by atoms with Gasteiger partial charge in [-0.15, -0.1) is 0 Å². The molecule has 3 heterocycles. The summed E-state index contributed by atoms with van der Waals surface area (Å²) in [5, 5.41) is 10.7. The van der Waals surface area contributed by atoms with Gasteiger partial charge in [-0.3, -0.25) is 14.6 Å². The van der Waals surface area contributed by atoms with Crippen molar-refractivity contribution in [3.8, 4) is 11.5 Å². The predicted molar refractivity (Wildman–Crippen MR) is 119 cm³/mol. The van der Waals surface area contributed by atoms with E-state index in [-0.39, 0.29) is 12.1 Å². The van der Waals surface area contributed by atoms with E-state index in [2.05, 4.69) is 4.98 Å². The standard InChI is InChI=1S/C25H22N2O6/c1-31-20-10-7-17(13-21(20)32-2)23-22(19(28)9-8-18-6-4-12-33-18)24(29)25(30)27(23)15-16-5-3-11-26-14-16/h3-14,23,29H,15H2,1-2H3. The molecule has 2 aromatic heterocycles. The van der Waals surface area contributed by atoms with E-state index in [4.69, 9.17) is 13.9 Å². The maximum Gasteiger partial charge on any atom is 0.290 e. The number of hydrogen-bond donors (Lipinski definition) is 1. The van der Waals surface area contributed by atoms with Crippen LogP contribution in [0.15, 0.2) is 82.9 Å². The number of benzene rings is 1. The molecule has 1 aromatic carbocycles. The first kappa shape index (κ1) is 21.9. The van der Waals surface area contributed by atoms with Gasteiger partial charge in [-0.2, -0.15) is 0 Å². The molecule has 3 aromatic rings. The van der Waals surface area contributed by atoms with Crippen molar-refractivity contribution < 1.29 is 28.6 Å². The van der Waals surface area contributed by atoms with Crippen LogP contribution in [0.2, 0.25) is 0 Å². The highest BCUT2D eigenvalue weighted by Gasteiger charge is 2.43. The largest absolute Gasteiger partial charge is 0.503 e. The number of ketones is 1.